The maximum atomic E-state index is 12.4. The molecule has 2 aromatic rings. The van der Waals surface area contributed by atoms with E-state index in [9.17, 15) is 19.7 Å². The van der Waals surface area contributed by atoms with Crippen molar-refractivity contribution >= 4 is 46.5 Å². The van der Waals surface area contributed by atoms with Crippen LogP contribution in [0.3, 0.4) is 0 Å². The smallest absolute Gasteiger partial charge is 0.338 e. The maximum Gasteiger partial charge on any atom is 0.338 e. The van der Waals surface area contributed by atoms with Crippen LogP contribution in [0.25, 0.3) is 0 Å². The summed E-state index contributed by atoms with van der Waals surface area (Å²) < 4.78 is 4.82. The van der Waals surface area contributed by atoms with Crippen LogP contribution in [0.15, 0.2) is 36.4 Å². The van der Waals surface area contributed by atoms with Gasteiger partial charge in [0.15, 0.2) is 0 Å². The summed E-state index contributed by atoms with van der Waals surface area (Å²) in [5.41, 5.74) is -0.358. The van der Waals surface area contributed by atoms with E-state index in [0.717, 1.165) is 12.1 Å². The van der Waals surface area contributed by atoms with Crippen LogP contribution in [0.2, 0.25) is 10.0 Å². The van der Waals surface area contributed by atoms with Crippen molar-refractivity contribution in [2.24, 2.45) is 0 Å². The average molecular weight is 383 g/mol. The molecule has 0 spiro atoms. The molecule has 0 saturated heterocycles. The third-order valence-corrected chi connectivity index (χ3v) is 3.92. The Balaban J connectivity index is 2.39. The van der Waals surface area contributed by atoms with Crippen LogP contribution < -0.4 is 5.32 Å². The van der Waals surface area contributed by atoms with Crippen LogP contribution in [0.1, 0.15) is 27.6 Å². The first-order chi connectivity index (χ1) is 11.8. The van der Waals surface area contributed by atoms with Gasteiger partial charge in [0.05, 0.1) is 32.8 Å². The lowest BCUT2D eigenvalue weighted by Gasteiger charge is -2.09. The number of nitro benzene ring substituents is 1. The summed E-state index contributed by atoms with van der Waals surface area (Å²) in [4.78, 5) is 34.6. The molecule has 2 rings (SSSR count). The maximum absolute atomic E-state index is 12.4. The van der Waals surface area contributed by atoms with Crippen molar-refractivity contribution in [3.05, 3.63) is 67.7 Å². The molecule has 25 heavy (non-hydrogen) atoms. The van der Waals surface area contributed by atoms with Gasteiger partial charge in [-0.1, -0.05) is 29.3 Å². The first-order valence-corrected chi connectivity index (χ1v) is 7.81. The van der Waals surface area contributed by atoms with Gasteiger partial charge in [0, 0.05) is 17.7 Å². The lowest BCUT2D eigenvalue weighted by molar-refractivity contribution is -0.384. The van der Waals surface area contributed by atoms with Gasteiger partial charge in [0.2, 0.25) is 0 Å². The Morgan fingerprint density at radius 2 is 1.88 bits per heavy atom. The molecule has 0 saturated carbocycles. The molecule has 0 fully saturated rings. The second-order valence-corrected chi connectivity index (χ2v) is 5.59. The number of amides is 1. The molecule has 1 amide bonds. The molecule has 9 heteroatoms. The SMILES string of the molecule is CCOC(=O)c1cc(C(=O)Nc2cccc(Cl)c2Cl)cc([N+](=O)[O-])c1. The summed E-state index contributed by atoms with van der Waals surface area (Å²) in [7, 11) is 0. The Hall–Kier alpha value is -2.64. The number of anilines is 1. The molecule has 2 aromatic carbocycles. The Labute approximate surface area is 152 Å². The monoisotopic (exact) mass is 382 g/mol. The lowest BCUT2D eigenvalue weighted by Crippen LogP contribution is -2.14. The molecular formula is C16H12Cl2N2O5. The van der Waals surface area contributed by atoms with E-state index in [0.29, 0.717) is 0 Å². The van der Waals surface area contributed by atoms with Crippen molar-refractivity contribution in [2.75, 3.05) is 11.9 Å². The van der Waals surface area contributed by atoms with Gasteiger partial charge in [-0.15, -0.1) is 0 Å². The van der Waals surface area contributed by atoms with E-state index in [4.69, 9.17) is 27.9 Å². The van der Waals surface area contributed by atoms with E-state index in [2.05, 4.69) is 5.32 Å². The number of halogens is 2. The molecule has 0 aliphatic heterocycles. The first kappa shape index (κ1) is 18.7. The van der Waals surface area contributed by atoms with Gasteiger partial charge in [0.1, 0.15) is 0 Å². The van der Waals surface area contributed by atoms with Crippen molar-refractivity contribution in [3.8, 4) is 0 Å². The van der Waals surface area contributed by atoms with Crippen molar-refractivity contribution in [3.63, 3.8) is 0 Å². The Morgan fingerprint density at radius 1 is 1.20 bits per heavy atom. The minimum Gasteiger partial charge on any atom is -0.462 e. The molecular weight excluding hydrogens is 371 g/mol. The third kappa shape index (κ3) is 4.46. The molecule has 1 N–H and O–H groups in total. The predicted octanol–water partition coefficient (Wildman–Crippen LogP) is 4.33. The molecule has 0 heterocycles. The number of carbonyl (C=O) groups excluding carboxylic acids is 2. The summed E-state index contributed by atoms with van der Waals surface area (Å²) >= 11 is 11.9. The number of rotatable bonds is 5. The predicted molar refractivity (Wildman–Crippen MR) is 93.5 cm³/mol. The highest BCUT2D eigenvalue weighted by molar-refractivity contribution is 6.44. The largest absolute Gasteiger partial charge is 0.462 e. The molecule has 0 unspecified atom stereocenters. The van der Waals surface area contributed by atoms with Crippen LogP contribution in [0, 0.1) is 10.1 Å². The van der Waals surface area contributed by atoms with E-state index in [1.165, 1.54) is 12.1 Å². The Morgan fingerprint density at radius 3 is 2.52 bits per heavy atom. The standard InChI is InChI=1S/C16H12Cl2N2O5/c1-2-25-16(22)10-6-9(7-11(8-10)20(23)24)15(21)19-13-5-3-4-12(17)14(13)18/h3-8H,2H2,1H3,(H,19,21). The number of hydrogen-bond donors (Lipinski definition) is 1. The van der Waals surface area contributed by atoms with Gasteiger partial charge < -0.3 is 10.1 Å². The van der Waals surface area contributed by atoms with Gasteiger partial charge in [-0.05, 0) is 25.1 Å². The number of nitro groups is 1. The highest BCUT2D eigenvalue weighted by atomic mass is 35.5. The van der Waals surface area contributed by atoms with Crippen LogP contribution in [-0.2, 0) is 4.74 Å². The summed E-state index contributed by atoms with van der Waals surface area (Å²) in [6.45, 7) is 1.70. The van der Waals surface area contributed by atoms with Gasteiger partial charge in [-0.2, -0.15) is 0 Å². The molecule has 0 aromatic heterocycles. The fourth-order valence-electron chi connectivity index (χ4n) is 1.97. The third-order valence-electron chi connectivity index (χ3n) is 3.10. The molecule has 7 nitrogen and oxygen atoms in total. The van der Waals surface area contributed by atoms with Crippen molar-refractivity contribution in [2.45, 2.75) is 6.92 Å². The highest BCUT2D eigenvalue weighted by Crippen LogP contribution is 2.30. The van der Waals surface area contributed by atoms with Gasteiger partial charge >= 0.3 is 5.97 Å². The topological polar surface area (TPSA) is 98.5 Å². The van der Waals surface area contributed by atoms with E-state index in [1.807, 2.05) is 0 Å². The molecule has 0 aliphatic carbocycles. The van der Waals surface area contributed by atoms with E-state index >= 15 is 0 Å². The second-order valence-electron chi connectivity index (χ2n) is 4.80. The molecule has 0 bridgehead atoms. The number of hydrogen-bond acceptors (Lipinski definition) is 5. The lowest BCUT2D eigenvalue weighted by atomic mass is 10.1. The van der Waals surface area contributed by atoms with Gasteiger partial charge in [0.25, 0.3) is 11.6 Å². The zero-order chi connectivity index (χ0) is 18.6. The molecule has 0 radical (unpaired) electrons. The fraction of sp³-hybridized carbons (Fsp3) is 0.125. The number of benzene rings is 2. The number of esters is 1. The number of ether oxygens (including phenoxy) is 1. The summed E-state index contributed by atoms with van der Waals surface area (Å²) in [6.07, 6.45) is 0. The zero-order valence-corrected chi connectivity index (χ0v) is 14.4. The van der Waals surface area contributed by atoms with Crippen LogP contribution in [-0.4, -0.2) is 23.4 Å². The molecule has 0 atom stereocenters. The number of nitrogens with zero attached hydrogens (tertiary/aromatic N) is 1. The number of non-ortho nitro benzene ring substituents is 1. The van der Waals surface area contributed by atoms with E-state index in [1.54, 1.807) is 19.1 Å². The van der Waals surface area contributed by atoms with Crippen LogP contribution in [0.4, 0.5) is 11.4 Å². The van der Waals surface area contributed by atoms with Gasteiger partial charge in [-0.25, -0.2) is 4.79 Å². The Bertz CT molecular complexity index is 854. The van der Waals surface area contributed by atoms with E-state index < -0.39 is 22.5 Å². The van der Waals surface area contributed by atoms with E-state index in [-0.39, 0.29) is 33.5 Å². The second kappa shape index (κ2) is 7.96. The Kier molecular flexibility index (Phi) is 5.95. The minimum atomic E-state index is -0.763. The molecule has 0 aliphatic rings. The van der Waals surface area contributed by atoms with Gasteiger partial charge in [-0.3, -0.25) is 14.9 Å². The van der Waals surface area contributed by atoms with Crippen LogP contribution in [0.5, 0.6) is 0 Å². The molecule has 130 valence electrons. The van der Waals surface area contributed by atoms with Crippen molar-refractivity contribution in [1.29, 1.82) is 0 Å². The van der Waals surface area contributed by atoms with Crippen LogP contribution >= 0.6 is 23.2 Å². The summed E-state index contributed by atoms with van der Waals surface area (Å²) in [6, 6.07) is 7.96. The number of nitrogens with one attached hydrogen (secondary N) is 1. The normalized spacial score (nSPS) is 10.2. The summed E-state index contributed by atoms with van der Waals surface area (Å²) in [5, 5.41) is 13.9. The summed E-state index contributed by atoms with van der Waals surface area (Å²) in [5.74, 6) is -1.44. The fourth-order valence-corrected chi connectivity index (χ4v) is 2.32. The average Bonchev–Trinajstić information content (AvgIpc) is 2.58. The number of carbonyl (C=O) groups is 2. The van der Waals surface area contributed by atoms with Crippen molar-refractivity contribution in [1.82, 2.24) is 0 Å². The zero-order valence-electron chi connectivity index (χ0n) is 12.9. The quantitative estimate of drug-likeness (QED) is 0.471. The van der Waals surface area contributed by atoms with Crippen molar-refractivity contribution < 1.29 is 19.2 Å². The highest BCUT2D eigenvalue weighted by Gasteiger charge is 2.19. The minimum absolute atomic E-state index is 0.0895. The first-order valence-electron chi connectivity index (χ1n) is 7.05.